The fourth-order valence-electron chi connectivity index (χ4n) is 2.76. The molecule has 1 aliphatic heterocycles. The maximum Gasteiger partial charge on any atom is 0.228 e. The third-order valence-corrected chi connectivity index (χ3v) is 4.18. The summed E-state index contributed by atoms with van der Waals surface area (Å²) in [6.07, 6.45) is 2.96. The van der Waals surface area contributed by atoms with Crippen LogP contribution in [0, 0.1) is 11.7 Å². The number of nitrogens with zero attached hydrogens (tertiary/aromatic N) is 1. The quantitative estimate of drug-likeness (QED) is 0.920. The van der Waals surface area contributed by atoms with E-state index in [2.05, 4.69) is 5.32 Å². The zero-order valence-corrected chi connectivity index (χ0v) is 11.8. The second kappa shape index (κ2) is 5.84. The topological polar surface area (TPSA) is 49.4 Å². The molecule has 3 rings (SSSR count). The van der Waals surface area contributed by atoms with Gasteiger partial charge in [-0.1, -0.05) is 18.2 Å². The molecule has 1 aromatic rings. The first-order valence-corrected chi connectivity index (χ1v) is 7.45. The molecule has 1 N–H and O–H groups in total. The maximum absolute atomic E-state index is 13.8. The van der Waals surface area contributed by atoms with Gasteiger partial charge in [0.25, 0.3) is 0 Å². The first-order valence-electron chi connectivity index (χ1n) is 7.45. The summed E-state index contributed by atoms with van der Waals surface area (Å²) in [5.41, 5.74) is 0.553. The van der Waals surface area contributed by atoms with Crippen LogP contribution in [-0.4, -0.2) is 29.3 Å². The fourth-order valence-corrected chi connectivity index (χ4v) is 2.76. The van der Waals surface area contributed by atoms with Crippen LogP contribution in [0.25, 0.3) is 0 Å². The third kappa shape index (κ3) is 3.23. The van der Waals surface area contributed by atoms with Gasteiger partial charge in [0.2, 0.25) is 11.8 Å². The number of piperidine rings is 1. The number of benzene rings is 1. The van der Waals surface area contributed by atoms with Crippen LogP contribution in [0.3, 0.4) is 0 Å². The van der Waals surface area contributed by atoms with Gasteiger partial charge >= 0.3 is 0 Å². The lowest BCUT2D eigenvalue weighted by atomic mass is 9.97. The molecule has 0 aromatic heterocycles. The summed E-state index contributed by atoms with van der Waals surface area (Å²) in [5.74, 6) is -0.394. The molecule has 5 heteroatoms. The number of hydrogen-bond acceptors (Lipinski definition) is 2. The van der Waals surface area contributed by atoms with Crippen molar-refractivity contribution in [2.75, 3.05) is 6.54 Å². The van der Waals surface area contributed by atoms with E-state index < -0.39 is 0 Å². The molecule has 2 aliphatic rings. The molecular formula is C16H19FN2O2. The number of nitrogens with one attached hydrogen (secondary N) is 1. The average molecular weight is 290 g/mol. The van der Waals surface area contributed by atoms with Crippen molar-refractivity contribution in [2.24, 2.45) is 5.92 Å². The summed E-state index contributed by atoms with van der Waals surface area (Å²) < 4.78 is 13.8. The highest BCUT2D eigenvalue weighted by Crippen LogP contribution is 2.31. The van der Waals surface area contributed by atoms with E-state index in [0.717, 1.165) is 12.8 Å². The molecule has 2 amide bonds. The molecular weight excluding hydrogens is 271 g/mol. The minimum Gasteiger partial charge on any atom is -0.355 e. The van der Waals surface area contributed by atoms with Crippen LogP contribution in [0.2, 0.25) is 0 Å². The Morgan fingerprint density at radius 1 is 1.29 bits per heavy atom. The lowest BCUT2D eigenvalue weighted by Gasteiger charge is -2.29. The van der Waals surface area contributed by atoms with Gasteiger partial charge in [-0.15, -0.1) is 0 Å². The highest BCUT2D eigenvalue weighted by atomic mass is 19.1. The van der Waals surface area contributed by atoms with Crippen molar-refractivity contribution in [1.82, 2.24) is 10.2 Å². The van der Waals surface area contributed by atoms with Crippen molar-refractivity contribution in [3.05, 3.63) is 35.6 Å². The van der Waals surface area contributed by atoms with Crippen LogP contribution in [0.15, 0.2) is 24.3 Å². The molecule has 1 aromatic carbocycles. The van der Waals surface area contributed by atoms with Gasteiger partial charge in [-0.05, 0) is 25.3 Å². The van der Waals surface area contributed by atoms with E-state index >= 15 is 0 Å². The summed E-state index contributed by atoms with van der Waals surface area (Å²) >= 11 is 0. The molecule has 2 fully saturated rings. The van der Waals surface area contributed by atoms with Crippen LogP contribution in [0.5, 0.6) is 0 Å². The van der Waals surface area contributed by atoms with Crippen molar-refractivity contribution in [3.63, 3.8) is 0 Å². The van der Waals surface area contributed by atoms with E-state index in [1.165, 1.54) is 6.07 Å². The molecule has 1 saturated carbocycles. The highest BCUT2D eigenvalue weighted by molar-refractivity contribution is 5.84. The summed E-state index contributed by atoms with van der Waals surface area (Å²) in [6.45, 7) is 0.721. The third-order valence-electron chi connectivity index (χ3n) is 4.18. The van der Waals surface area contributed by atoms with Gasteiger partial charge in [-0.2, -0.15) is 0 Å². The van der Waals surface area contributed by atoms with Gasteiger partial charge in [-0.3, -0.25) is 9.59 Å². The zero-order chi connectivity index (χ0) is 14.8. The predicted octanol–water partition coefficient (Wildman–Crippen LogP) is 1.84. The molecule has 0 bridgehead atoms. The minimum absolute atomic E-state index is 0.00567. The van der Waals surface area contributed by atoms with Crippen molar-refractivity contribution < 1.29 is 14.0 Å². The van der Waals surface area contributed by atoms with E-state index in [1.54, 1.807) is 23.1 Å². The number of carbonyl (C=O) groups excluding carboxylic acids is 2. The summed E-state index contributed by atoms with van der Waals surface area (Å²) in [6, 6.07) is 6.81. The van der Waals surface area contributed by atoms with Crippen LogP contribution < -0.4 is 5.32 Å². The first-order chi connectivity index (χ1) is 10.1. The Bertz CT molecular complexity index is 547. The lowest BCUT2D eigenvalue weighted by Crippen LogP contribution is -2.45. The number of rotatable bonds is 4. The van der Waals surface area contributed by atoms with E-state index in [1.807, 2.05) is 0 Å². The Labute approximate surface area is 123 Å². The molecule has 1 saturated heterocycles. The van der Waals surface area contributed by atoms with E-state index in [9.17, 15) is 14.0 Å². The smallest absolute Gasteiger partial charge is 0.228 e. The second-order valence-corrected chi connectivity index (χ2v) is 5.83. The molecule has 1 unspecified atom stereocenters. The summed E-state index contributed by atoms with van der Waals surface area (Å²) in [7, 11) is 0. The Kier molecular flexibility index (Phi) is 3.90. The summed E-state index contributed by atoms with van der Waals surface area (Å²) in [4.78, 5) is 25.6. The standard InChI is InChI=1S/C16H19FN2O2/c17-14-4-2-1-3-12(14)10-19(13-6-7-13)16(21)11-5-8-15(20)18-9-11/h1-4,11,13H,5-10H2,(H,18,20). The van der Waals surface area contributed by atoms with E-state index in [0.29, 0.717) is 31.5 Å². The van der Waals surface area contributed by atoms with Crippen LogP contribution in [0.4, 0.5) is 4.39 Å². The number of carbonyl (C=O) groups is 2. The van der Waals surface area contributed by atoms with Crippen molar-refractivity contribution >= 4 is 11.8 Å². The monoisotopic (exact) mass is 290 g/mol. The van der Waals surface area contributed by atoms with Gasteiger partial charge in [0, 0.05) is 31.1 Å². The first kappa shape index (κ1) is 14.0. The largest absolute Gasteiger partial charge is 0.355 e. The van der Waals surface area contributed by atoms with Gasteiger partial charge in [-0.25, -0.2) is 4.39 Å². The Balaban J connectivity index is 1.71. The van der Waals surface area contributed by atoms with Crippen molar-refractivity contribution in [1.29, 1.82) is 0 Å². The van der Waals surface area contributed by atoms with E-state index in [4.69, 9.17) is 0 Å². The van der Waals surface area contributed by atoms with Crippen LogP contribution >= 0.6 is 0 Å². The molecule has 1 aliphatic carbocycles. The van der Waals surface area contributed by atoms with Gasteiger partial charge < -0.3 is 10.2 Å². The van der Waals surface area contributed by atoms with E-state index in [-0.39, 0.29) is 29.6 Å². The van der Waals surface area contributed by atoms with Gasteiger partial charge in [0.05, 0.1) is 5.92 Å². The highest BCUT2D eigenvalue weighted by Gasteiger charge is 2.37. The van der Waals surface area contributed by atoms with Crippen LogP contribution in [0.1, 0.15) is 31.2 Å². The molecule has 0 radical (unpaired) electrons. The zero-order valence-electron chi connectivity index (χ0n) is 11.8. The Hall–Kier alpha value is -1.91. The molecule has 0 spiro atoms. The molecule has 112 valence electrons. The van der Waals surface area contributed by atoms with Crippen molar-refractivity contribution in [2.45, 2.75) is 38.3 Å². The Morgan fingerprint density at radius 3 is 2.67 bits per heavy atom. The lowest BCUT2D eigenvalue weighted by molar-refractivity contribution is -0.138. The molecule has 4 nitrogen and oxygen atoms in total. The normalized spacial score (nSPS) is 21.8. The number of amides is 2. The average Bonchev–Trinajstić information content (AvgIpc) is 3.31. The second-order valence-electron chi connectivity index (χ2n) is 5.83. The maximum atomic E-state index is 13.8. The molecule has 1 heterocycles. The summed E-state index contributed by atoms with van der Waals surface area (Å²) in [5, 5.41) is 2.74. The Morgan fingerprint density at radius 2 is 2.05 bits per heavy atom. The SMILES string of the molecule is O=C1CCC(C(=O)N(Cc2ccccc2F)C2CC2)CN1. The molecule has 1 atom stereocenters. The van der Waals surface area contributed by atoms with Gasteiger partial charge in [0.15, 0.2) is 0 Å². The van der Waals surface area contributed by atoms with Crippen LogP contribution in [-0.2, 0) is 16.1 Å². The fraction of sp³-hybridized carbons (Fsp3) is 0.500. The molecule has 21 heavy (non-hydrogen) atoms. The van der Waals surface area contributed by atoms with Crippen molar-refractivity contribution in [3.8, 4) is 0 Å². The number of hydrogen-bond donors (Lipinski definition) is 1. The minimum atomic E-state index is -0.270. The van der Waals surface area contributed by atoms with Gasteiger partial charge in [0.1, 0.15) is 5.82 Å². The predicted molar refractivity (Wildman–Crippen MR) is 75.7 cm³/mol. The number of halogens is 1.